The normalized spacial score (nSPS) is 9.94. The lowest BCUT2D eigenvalue weighted by Crippen LogP contribution is -2.10. The van der Waals surface area contributed by atoms with Crippen LogP contribution in [0, 0.1) is 0 Å². The third kappa shape index (κ3) is 5.77. The largest absolute Gasteiger partial charge is 0.491 e. The number of benzene rings is 1. The first-order valence-electron chi connectivity index (χ1n) is 5.35. The zero-order chi connectivity index (χ0) is 12.5. The van der Waals surface area contributed by atoms with Crippen molar-refractivity contribution in [2.75, 3.05) is 32.7 Å². The molecule has 1 aromatic rings. The van der Waals surface area contributed by atoms with E-state index in [-0.39, 0.29) is 12.4 Å². The monoisotopic (exact) mass is 239 g/mol. The lowest BCUT2D eigenvalue weighted by molar-refractivity contribution is -0.141. The number of esters is 1. The summed E-state index contributed by atoms with van der Waals surface area (Å²) in [4.78, 5) is 10.8. The van der Waals surface area contributed by atoms with E-state index in [0.717, 1.165) is 5.75 Å². The molecule has 0 bridgehead atoms. The van der Waals surface area contributed by atoms with Gasteiger partial charge in [-0.1, -0.05) is 0 Å². The molecule has 1 rings (SSSR count). The van der Waals surface area contributed by atoms with Gasteiger partial charge in [0.25, 0.3) is 0 Å². The van der Waals surface area contributed by atoms with Crippen molar-refractivity contribution >= 4 is 11.7 Å². The molecular formula is C12H17NO4. The Labute approximate surface area is 100 Å². The lowest BCUT2D eigenvalue weighted by atomic mass is 10.3. The van der Waals surface area contributed by atoms with E-state index in [4.69, 9.17) is 15.2 Å². The average Bonchev–Trinajstić information content (AvgIpc) is 2.35. The van der Waals surface area contributed by atoms with Gasteiger partial charge in [0.2, 0.25) is 0 Å². The van der Waals surface area contributed by atoms with Crippen molar-refractivity contribution in [2.45, 2.75) is 6.42 Å². The first-order valence-corrected chi connectivity index (χ1v) is 5.35. The van der Waals surface area contributed by atoms with Gasteiger partial charge in [0.1, 0.15) is 12.4 Å². The molecule has 17 heavy (non-hydrogen) atoms. The van der Waals surface area contributed by atoms with E-state index < -0.39 is 0 Å². The summed E-state index contributed by atoms with van der Waals surface area (Å²) in [6.07, 6.45) is 0.262. The van der Waals surface area contributed by atoms with Gasteiger partial charge < -0.3 is 19.9 Å². The number of rotatable bonds is 7. The SMILES string of the molecule is COC(=O)CCOCCOc1ccc(N)cc1. The van der Waals surface area contributed by atoms with E-state index in [1.165, 1.54) is 7.11 Å². The number of hydrogen-bond donors (Lipinski definition) is 1. The molecule has 0 saturated carbocycles. The van der Waals surface area contributed by atoms with Gasteiger partial charge in [0.15, 0.2) is 0 Å². The van der Waals surface area contributed by atoms with Crippen LogP contribution < -0.4 is 10.5 Å². The van der Waals surface area contributed by atoms with Crippen LogP contribution in [0.3, 0.4) is 0 Å². The summed E-state index contributed by atoms with van der Waals surface area (Å²) < 4.78 is 15.1. The van der Waals surface area contributed by atoms with Gasteiger partial charge in [0, 0.05) is 5.69 Å². The van der Waals surface area contributed by atoms with Crippen LogP contribution in [0.25, 0.3) is 0 Å². The summed E-state index contributed by atoms with van der Waals surface area (Å²) in [5.41, 5.74) is 6.24. The van der Waals surface area contributed by atoms with Crippen LogP contribution in [-0.4, -0.2) is 32.9 Å². The Morgan fingerprint density at radius 3 is 2.53 bits per heavy atom. The zero-order valence-electron chi connectivity index (χ0n) is 9.85. The van der Waals surface area contributed by atoms with E-state index in [1.54, 1.807) is 24.3 Å². The number of anilines is 1. The Morgan fingerprint density at radius 1 is 1.18 bits per heavy atom. The van der Waals surface area contributed by atoms with Crippen molar-refractivity contribution in [1.29, 1.82) is 0 Å². The van der Waals surface area contributed by atoms with Crippen molar-refractivity contribution in [1.82, 2.24) is 0 Å². The molecule has 0 fully saturated rings. The zero-order valence-corrected chi connectivity index (χ0v) is 9.85. The fraction of sp³-hybridized carbons (Fsp3) is 0.417. The summed E-state index contributed by atoms with van der Waals surface area (Å²) in [7, 11) is 1.35. The highest BCUT2D eigenvalue weighted by Crippen LogP contribution is 2.12. The molecule has 0 aliphatic heterocycles. The van der Waals surface area contributed by atoms with Crippen LogP contribution >= 0.6 is 0 Å². The van der Waals surface area contributed by atoms with Crippen LogP contribution in [0.5, 0.6) is 5.75 Å². The van der Waals surface area contributed by atoms with Crippen LogP contribution in [0.15, 0.2) is 24.3 Å². The molecule has 1 aromatic carbocycles. The molecule has 94 valence electrons. The van der Waals surface area contributed by atoms with E-state index in [9.17, 15) is 4.79 Å². The molecule has 0 radical (unpaired) electrons. The Balaban J connectivity index is 2.04. The highest BCUT2D eigenvalue weighted by molar-refractivity contribution is 5.69. The molecule has 0 atom stereocenters. The van der Waals surface area contributed by atoms with Crippen LogP contribution in [0.4, 0.5) is 5.69 Å². The summed E-state index contributed by atoms with van der Waals surface area (Å²) in [5.74, 6) is 0.472. The molecule has 2 N–H and O–H groups in total. The fourth-order valence-electron chi connectivity index (χ4n) is 1.14. The molecule has 0 amide bonds. The molecule has 5 nitrogen and oxygen atoms in total. The quantitative estimate of drug-likeness (QED) is 0.440. The fourth-order valence-corrected chi connectivity index (χ4v) is 1.14. The topological polar surface area (TPSA) is 70.8 Å². The molecule has 0 aromatic heterocycles. The molecule has 5 heteroatoms. The second-order valence-corrected chi connectivity index (χ2v) is 3.36. The van der Waals surface area contributed by atoms with Gasteiger partial charge >= 0.3 is 5.97 Å². The molecule has 0 aliphatic rings. The van der Waals surface area contributed by atoms with E-state index in [2.05, 4.69) is 4.74 Å². The van der Waals surface area contributed by atoms with Gasteiger partial charge in [0.05, 0.1) is 26.7 Å². The summed E-state index contributed by atoms with van der Waals surface area (Å²) >= 11 is 0. The second kappa shape index (κ2) is 7.51. The van der Waals surface area contributed by atoms with Gasteiger partial charge in [-0.25, -0.2) is 0 Å². The van der Waals surface area contributed by atoms with Crippen LogP contribution in [-0.2, 0) is 14.3 Å². The number of nitrogen functional groups attached to an aromatic ring is 1. The predicted octanol–water partition coefficient (Wildman–Crippen LogP) is 1.23. The van der Waals surface area contributed by atoms with E-state index >= 15 is 0 Å². The van der Waals surface area contributed by atoms with Crippen LogP contribution in [0.1, 0.15) is 6.42 Å². The summed E-state index contributed by atoms with van der Waals surface area (Å²) in [6.45, 7) is 1.21. The van der Waals surface area contributed by atoms with Gasteiger partial charge in [-0.2, -0.15) is 0 Å². The average molecular weight is 239 g/mol. The maximum Gasteiger partial charge on any atom is 0.307 e. The number of hydrogen-bond acceptors (Lipinski definition) is 5. The van der Waals surface area contributed by atoms with Gasteiger partial charge in [-0.3, -0.25) is 4.79 Å². The Bertz CT molecular complexity index is 337. The summed E-state index contributed by atoms with van der Waals surface area (Å²) in [6, 6.07) is 7.13. The highest BCUT2D eigenvalue weighted by atomic mass is 16.5. The predicted molar refractivity (Wildman–Crippen MR) is 63.8 cm³/mol. The van der Waals surface area contributed by atoms with Crippen molar-refractivity contribution in [3.05, 3.63) is 24.3 Å². The standard InChI is InChI=1S/C12H17NO4/c1-15-12(14)6-7-16-8-9-17-11-4-2-10(13)3-5-11/h2-5H,6-9,13H2,1H3. The Kier molecular flexibility index (Phi) is 5.88. The first-order chi connectivity index (χ1) is 8.22. The van der Waals surface area contributed by atoms with Crippen molar-refractivity contribution < 1.29 is 19.0 Å². The second-order valence-electron chi connectivity index (χ2n) is 3.36. The Morgan fingerprint density at radius 2 is 1.88 bits per heavy atom. The number of ether oxygens (including phenoxy) is 3. The first kappa shape index (κ1) is 13.3. The lowest BCUT2D eigenvalue weighted by Gasteiger charge is -2.06. The molecule has 0 aliphatic carbocycles. The van der Waals surface area contributed by atoms with Crippen molar-refractivity contribution in [3.8, 4) is 5.75 Å². The number of methoxy groups -OCH3 is 1. The van der Waals surface area contributed by atoms with Crippen molar-refractivity contribution in [2.24, 2.45) is 0 Å². The third-order valence-corrected chi connectivity index (χ3v) is 2.05. The van der Waals surface area contributed by atoms with Crippen molar-refractivity contribution in [3.63, 3.8) is 0 Å². The van der Waals surface area contributed by atoms with Gasteiger partial charge in [-0.05, 0) is 24.3 Å². The molecule has 0 heterocycles. The minimum atomic E-state index is -0.274. The number of carbonyl (C=O) groups is 1. The third-order valence-electron chi connectivity index (χ3n) is 2.05. The van der Waals surface area contributed by atoms with Crippen LogP contribution in [0.2, 0.25) is 0 Å². The summed E-state index contributed by atoms with van der Waals surface area (Å²) in [5, 5.41) is 0. The number of nitrogens with two attached hydrogens (primary N) is 1. The molecular weight excluding hydrogens is 222 g/mol. The van der Waals surface area contributed by atoms with Gasteiger partial charge in [-0.15, -0.1) is 0 Å². The molecule has 0 unspecified atom stereocenters. The maximum absolute atomic E-state index is 10.8. The minimum absolute atomic E-state index is 0.262. The maximum atomic E-state index is 10.8. The van der Waals surface area contributed by atoms with E-state index in [1.807, 2.05) is 0 Å². The minimum Gasteiger partial charge on any atom is -0.491 e. The number of carbonyl (C=O) groups excluding carboxylic acids is 1. The molecule has 0 saturated heterocycles. The smallest absolute Gasteiger partial charge is 0.307 e. The molecule has 0 spiro atoms. The highest BCUT2D eigenvalue weighted by Gasteiger charge is 1.99. The Hall–Kier alpha value is -1.75. The van der Waals surface area contributed by atoms with E-state index in [0.29, 0.717) is 25.5 Å².